The van der Waals surface area contributed by atoms with Crippen LogP contribution in [0.4, 0.5) is 0 Å². The van der Waals surface area contributed by atoms with E-state index in [4.69, 9.17) is 19.3 Å². The first-order valence-electron chi connectivity index (χ1n) is 13.2. The van der Waals surface area contributed by atoms with Gasteiger partial charge in [0.2, 0.25) is 10.0 Å². The predicted molar refractivity (Wildman–Crippen MR) is 137 cm³/mol. The van der Waals surface area contributed by atoms with Gasteiger partial charge in [0.25, 0.3) is 0 Å². The number of fused-ring (bicyclic) bond motifs is 5. The van der Waals surface area contributed by atoms with Gasteiger partial charge in [0.1, 0.15) is 11.7 Å². The van der Waals surface area contributed by atoms with Crippen molar-refractivity contribution in [2.24, 2.45) is 40.1 Å². The van der Waals surface area contributed by atoms with Crippen molar-refractivity contribution in [3.05, 3.63) is 29.3 Å². The molecule has 1 aromatic carbocycles. The monoisotopic (exact) mass is 531 g/mol. The van der Waals surface area contributed by atoms with Gasteiger partial charge >= 0.3 is 5.97 Å². The van der Waals surface area contributed by atoms with E-state index >= 15 is 0 Å². The van der Waals surface area contributed by atoms with E-state index in [-0.39, 0.29) is 39.3 Å². The number of hydrogen-bond acceptors (Lipinski definition) is 7. The Morgan fingerprint density at radius 1 is 1.08 bits per heavy atom. The molecule has 0 heterocycles. The van der Waals surface area contributed by atoms with Crippen LogP contribution in [0.5, 0.6) is 11.5 Å². The molecule has 3 unspecified atom stereocenters. The number of methoxy groups -OCH3 is 2. The Balaban J connectivity index is 1.40. The molecule has 4 aliphatic carbocycles. The molecule has 7 atom stereocenters. The van der Waals surface area contributed by atoms with E-state index in [1.807, 2.05) is 6.08 Å². The number of ketones is 1. The van der Waals surface area contributed by atoms with Crippen LogP contribution in [0.1, 0.15) is 69.2 Å². The molecule has 9 heteroatoms. The van der Waals surface area contributed by atoms with Crippen molar-refractivity contribution in [3.63, 3.8) is 0 Å². The van der Waals surface area contributed by atoms with Gasteiger partial charge in [0.15, 0.2) is 17.3 Å². The summed E-state index contributed by atoms with van der Waals surface area (Å²) in [6.45, 7) is 4.50. The largest absolute Gasteiger partial charge is 0.493 e. The number of nitrogens with two attached hydrogens (primary N) is 1. The fraction of sp³-hybridized carbons (Fsp3) is 0.643. The summed E-state index contributed by atoms with van der Waals surface area (Å²) < 4.78 is 40.9. The van der Waals surface area contributed by atoms with Gasteiger partial charge in [0, 0.05) is 17.9 Å². The summed E-state index contributed by atoms with van der Waals surface area (Å²) in [5, 5.41) is 5.34. The van der Waals surface area contributed by atoms with Crippen LogP contribution in [0, 0.1) is 35.0 Å². The molecule has 0 saturated heterocycles. The fourth-order valence-corrected chi connectivity index (χ4v) is 8.64. The molecule has 0 spiro atoms. The number of carbonyl (C=O) groups is 2. The second kappa shape index (κ2) is 9.42. The first-order valence-corrected chi connectivity index (χ1v) is 14.8. The van der Waals surface area contributed by atoms with Crippen molar-refractivity contribution in [2.45, 2.75) is 69.8 Å². The van der Waals surface area contributed by atoms with E-state index in [0.29, 0.717) is 36.0 Å². The van der Waals surface area contributed by atoms with Crippen LogP contribution >= 0.6 is 0 Å². The lowest BCUT2D eigenvalue weighted by Crippen LogP contribution is -2.49. The van der Waals surface area contributed by atoms with Crippen LogP contribution in [0.3, 0.4) is 0 Å². The molecule has 0 aromatic heterocycles. The number of rotatable bonds is 5. The normalized spacial score (nSPS) is 35.1. The highest BCUT2D eigenvalue weighted by atomic mass is 32.2. The summed E-state index contributed by atoms with van der Waals surface area (Å²) >= 11 is 0. The molecule has 0 bridgehead atoms. The highest BCUT2D eigenvalue weighted by molar-refractivity contribution is 7.89. The van der Waals surface area contributed by atoms with Crippen LogP contribution in [0.25, 0.3) is 0 Å². The number of sulfonamides is 1. The van der Waals surface area contributed by atoms with Crippen LogP contribution in [0.15, 0.2) is 28.7 Å². The maximum Gasteiger partial charge on any atom is 0.342 e. The zero-order chi connectivity index (χ0) is 26.7. The zero-order valence-electron chi connectivity index (χ0n) is 22.0. The Hall–Kier alpha value is -2.39. The third kappa shape index (κ3) is 4.38. The second-order valence-corrected chi connectivity index (χ2v) is 13.2. The van der Waals surface area contributed by atoms with E-state index < -0.39 is 16.0 Å². The lowest BCUT2D eigenvalue weighted by Gasteiger charge is -2.55. The summed E-state index contributed by atoms with van der Waals surface area (Å²) in [4.78, 5) is 25.3. The summed E-state index contributed by atoms with van der Waals surface area (Å²) in [6, 6.07) is 2.44. The van der Waals surface area contributed by atoms with Gasteiger partial charge in [0.05, 0.1) is 19.1 Å². The summed E-state index contributed by atoms with van der Waals surface area (Å²) in [5.74, 6) is 2.32. The van der Waals surface area contributed by atoms with Crippen molar-refractivity contribution in [3.8, 4) is 11.5 Å². The number of esters is 1. The van der Waals surface area contributed by atoms with Crippen molar-refractivity contribution >= 4 is 21.8 Å². The molecule has 3 saturated carbocycles. The van der Waals surface area contributed by atoms with Gasteiger partial charge in [-0.25, -0.2) is 18.4 Å². The standard InChI is InChI=1S/C28H37NO7S/c1-15-11-21-19(18-6-5-16(30)12-20(15)18)9-10-28(2)23(21)7-8-25(28)36-27(31)22-13-17(37(29,32)33)14-24(34-3)26(22)35-4/h12-15,18-19,21,23,25H,5-11H2,1-4H3,(H2,29,32,33)/t15-,18+,19?,21?,23?,25-,28-/m0/s1. The minimum Gasteiger partial charge on any atom is -0.493 e. The molecule has 0 radical (unpaired) electrons. The SMILES string of the molecule is COc1cc(S(N)(=O)=O)cc(C(=O)O[C@H]2CCC3C4C[C@H](C)C5=CC(=O)CC[C@@H]5C4CC[C@@]32C)c1OC. The lowest BCUT2D eigenvalue weighted by molar-refractivity contribution is -0.116. The Labute approximate surface area is 219 Å². The molecule has 0 aliphatic heterocycles. The van der Waals surface area contributed by atoms with Crippen molar-refractivity contribution < 1.29 is 32.2 Å². The van der Waals surface area contributed by atoms with E-state index in [2.05, 4.69) is 13.8 Å². The topological polar surface area (TPSA) is 122 Å². The average Bonchev–Trinajstić information content (AvgIpc) is 3.18. The highest BCUT2D eigenvalue weighted by Gasteiger charge is 2.58. The number of primary sulfonamides is 1. The van der Waals surface area contributed by atoms with E-state index in [0.717, 1.165) is 38.5 Å². The van der Waals surface area contributed by atoms with Crippen LogP contribution < -0.4 is 14.6 Å². The number of hydrogen-bond donors (Lipinski definition) is 1. The highest BCUT2D eigenvalue weighted by Crippen LogP contribution is 2.63. The molecule has 4 aliphatic rings. The number of carbonyl (C=O) groups excluding carboxylic acids is 2. The molecule has 202 valence electrons. The molecule has 0 amide bonds. The summed E-state index contributed by atoms with van der Waals surface area (Å²) in [7, 11) is -1.31. The maximum absolute atomic E-state index is 13.5. The molecule has 1 aromatic rings. The third-order valence-corrected chi connectivity index (χ3v) is 10.7. The minimum atomic E-state index is -4.08. The van der Waals surface area contributed by atoms with E-state index in [1.54, 1.807) is 0 Å². The van der Waals surface area contributed by atoms with E-state index in [1.165, 1.54) is 31.9 Å². The molecule has 37 heavy (non-hydrogen) atoms. The van der Waals surface area contributed by atoms with Gasteiger partial charge in [-0.1, -0.05) is 19.4 Å². The van der Waals surface area contributed by atoms with Crippen LogP contribution in [-0.4, -0.2) is 40.5 Å². The molecule has 8 nitrogen and oxygen atoms in total. The number of ether oxygens (including phenoxy) is 3. The van der Waals surface area contributed by atoms with Gasteiger partial charge in [-0.05, 0) is 80.3 Å². The Morgan fingerprint density at radius 3 is 2.51 bits per heavy atom. The van der Waals surface area contributed by atoms with Crippen LogP contribution in [-0.2, 0) is 19.6 Å². The van der Waals surface area contributed by atoms with Crippen molar-refractivity contribution in [1.82, 2.24) is 0 Å². The zero-order valence-corrected chi connectivity index (χ0v) is 22.8. The number of benzene rings is 1. The molecular weight excluding hydrogens is 494 g/mol. The molecule has 5 rings (SSSR count). The predicted octanol–water partition coefficient (Wildman–Crippen LogP) is 4.26. The smallest absolute Gasteiger partial charge is 0.342 e. The first kappa shape index (κ1) is 26.2. The number of allylic oxidation sites excluding steroid dienone is 1. The maximum atomic E-state index is 13.5. The molecular formula is C28H37NO7S. The second-order valence-electron chi connectivity index (χ2n) is 11.6. The minimum absolute atomic E-state index is 0.0143. The summed E-state index contributed by atoms with van der Waals surface area (Å²) in [5.41, 5.74) is 1.19. The quantitative estimate of drug-likeness (QED) is 0.563. The van der Waals surface area contributed by atoms with Crippen molar-refractivity contribution in [2.75, 3.05) is 14.2 Å². The Morgan fingerprint density at radius 2 is 1.84 bits per heavy atom. The third-order valence-electron chi connectivity index (χ3n) is 9.82. The molecule has 3 fully saturated rings. The Kier molecular flexibility index (Phi) is 6.67. The van der Waals surface area contributed by atoms with Crippen molar-refractivity contribution in [1.29, 1.82) is 0 Å². The van der Waals surface area contributed by atoms with Gasteiger partial charge in [-0.15, -0.1) is 0 Å². The average molecular weight is 532 g/mol. The lowest BCUT2D eigenvalue weighted by atomic mass is 9.50. The van der Waals surface area contributed by atoms with Gasteiger partial charge in [-0.3, -0.25) is 4.79 Å². The van der Waals surface area contributed by atoms with Gasteiger partial charge in [-0.2, -0.15) is 0 Å². The molecule has 2 N–H and O–H groups in total. The van der Waals surface area contributed by atoms with E-state index in [9.17, 15) is 18.0 Å². The van der Waals surface area contributed by atoms with Gasteiger partial charge < -0.3 is 14.2 Å². The Bertz CT molecular complexity index is 1260. The van der Waals surface area contributed by atoms with Crippen LogP contribution in [0.2, 0.25) is 0 Å². The first-order chi connectivity index (χ1) is 17.5. The summed E-state index contributed by atoms with van der Waals surface area (Å²) in [6.07, 6.45) is 8.11. The fourth-order valence-electron chi connectivity index (χ4n) is 8.09.